The summed E-state index contributed by atoms with van der Waals surface area (Å²) in [5.41, 5.74) is -0.268. The molecule has 1 saturated heterocycles. The molecule has 2 N–H and O–H groups in total. The first-order chi connectivity index (χ1) is 7.29. The van der Waals surface area contributed by atoms with Crippen LogP contribution < -0.4 is 5.32 Å². The van der Waals surface area contributed by atoms with Crippen molar-refractivity contribution in [3.8, 4) is 0 Å². The maximum Gasteiger partial charge on any atom is 0.320 e. The highest BCUT2D eigenvalue weighted by Gasteiger charge is 2.32. The molecule has 5 nitrogen and oxygen atoms in total. The van der Waals surface area contributed by atoms with E-state index in [0.717, 1.165) is 6.42 Å². The van der Waals surface area contributed by atoms with E-state index in [1.54, 1.807) is 4.90 Å². The number of carboxylic acid groups (broad SMARTS) is 1. The zero-order valence-electron chi connectivity index (χ0n) is 10.5. The Kier molecular flexibility index (Phi) is 5.92. The van der Waals surface area contributed by atoms with Crippen LogP contribution in [-0.4, -0.2) is 46.6 Å². The Morgan fingerprint density at radius 1 is 1.41 bits per heavy atom. The summed E-state index contributed by atoms with van der Waals surface area (Å²) < 4.78 is 0. The van der Waals surface area contributed by atoms with Crippen LogP contribution in [0.4, 0.5) is 0 Å². The van der Waals surface area contributed by atoms with Gasteiger partial charge in [-0.25, -0.2) is 0 Å². The van der Waals surface area contributed by atoms with Crippen molar-refractivity contribution in [1.29, 1.82) is 0 Å². The Labute approximate surface area is 108 Å². The van der Waals surface area contributed by atoms with Crippen LogP contribution >= 0.6 is 12.4 Å². The lowest BCUT2D eigenvalue weighted by Gasteiger charge is -2.25. The number of rotatable bonds is 3. The summed E-state index contributed by atoms with van der Waals surface area (Å²) in [6.07, 6.45) is 1.48. The van der Waals surface area contributed by atoms with Gasteiger partial charge in [-0.15, -0.1) is 12.4 Å². The number of hydrogen-bond donors (Lipinski definition) is 2. The van der Waals surface area contributed by atoms with E-state index in [1.807, 2.05) is 20.8 Å². The minimum absolute atomic E-state index is 0. The second-order valence-corrected chi connectivity index (χ2v) is 5.26. The molecule has 1 rings (SSSR count). The van der Waals surface area contributed by atoms with E-state index in [1.165, 1.54) is 0 Å². The molecule has 17 heavy (non-hydrogen) atoms. The van der Waals surface area contributed by atoms with Gasteiger partial charge in [0, 0.05) is 5.54 Å². The average molecular weight is 265 g/mol. The van der Waals surface area contributed by atoms with Crippen LogP contribution in [0.5, 0.6) is 0 Å². The highest BCUT2D eigenvalue weighted by Crippen LogP contribution is 2.16. The van der Waals surface area contributed by atoms with Crippen molar-refractivity contribution in [1.82, 2.24) is 10.2 Å². The molecule has 0 aromatic rings. The number of nitrogens with zero attached hydrogens (tertiary/aromatic N) is 1. The van der Waals surface area contributed by atoms with E-state index >= 15 is 0 Å². The maximum absolute atomic E-state index is 11.6. The zero-order valence-corrected chi connectivity index (χ0v) is 11.3. The lowest BCUT2D eigenvalue weighted by Crippen LogP contribution is -2.48. The molecule has 1 fully saturated rings. The van der Waals surface area contributed by atoms with Gasteiger partial charge in [-0.05, 0) is 40.2 Å². The van der Waals surface area contributed by atoms with Gasteiger partial charge >= 0.3 is 5.97 Å². The predicted octanol–water partition coefficient (Wildman–Crippen LogP) is 0.872. The number of carbonyl (C=O) groups excluding carboxylic acids is 1. The number of likely N-dealkylation sites (tertiary alicyclic amines) is 1. The summed E-state index contributed by atoms with van der Waals surface area (Å²) in [5.74, 6) is -0.943. The molecule has 6 heteroatoms. The normalized spacial score (nSPS) is 20.8. The Bertz CT molecular complexity index is 289. The van der Waals surface area contributed by atoms with E-state index in [9.17, 15) is 9.59 Å². The van der Waals surface area contributed by atoms with Gasteiger partial charge in [-0.1, -0.05) is 0 Å². The van der Waals surface area contributed by atoms with Crippen molar-refractivity contribution < 1.29 is 14.7 Å². The van der Waals surface area contributed by atoms with Gasteiger partial charge in [0.2, 0.25) is 5.91 Å². The first-order valence-corrected chi connectivity index (χ1v) is 5.57. The molecule has 100 valence electrons. The fourth-order valence-corrected chi connectivity index (χ4v) is 1.94. The Morgan fingerprint density at radius 2 is 2.00 bits per heavy atom. The summed E-state index contributed by atoms with van der Waals surface area (Å²) in [6, 6.07) is -0.495. The predicted molar refractivity (Wildman–Crippen MR) is 67.4 cm³/mol. The van der Waals surface area contributed by atoms with Crippen molar-refractivity contribution in [3.05, 3.63) is 0 Å². The monoisotopic (exact) mass is 264 g/mol. The highest BCUT2D eigenvalue weighted by molar-refractivity contribution is 5.85. The molecule has 1 heterocycles. The summed E-state index contributed by atoms with van der Waals surface area (Å²) in [6.45, 7) is 6.58. The van der Waals surface area contributed by atoms with E-state index in [-0.39, 0.29) is 30.4 Å². The minimum Gasteiger partial charge on any atom is -0.480 e. The first-order valence-electron chi connectivity index (χ1n) is 5.57. The average Bonchev–Trinajstić information content (AvgIpc) is 2.47. The third kappa shape index (κ3) is 5.37. The third-order valence-electron chi connectivity index (χ3n) is 2.51. The quantitative estimate of drug-likeness (QED) is 0.794. The van der Waals surface area contributed by atoms with Crippen LogP contribution in [0, 0.1) is 0 Å². The standard InChI is InChI=1S/C11H20N2O3.ClH/c1-11(2,3)12-9(14)7-13-6-4-5-8(13)10(15)16;/h8H,4-7H2,1-3H3,(H,12,14)(H,15,16);1H. The maximum atomic E-state index is 11.6. The summed E-state index contributed by atoms with van der Waals surface area (Å²) in [7, 11) is 0. The summed E-state index contributed by atoms with van der Waals surface area (Å²) in [5, 5.41) is 11.8. The van der Waals surface area contributed by atoms with Crippen LogP contribution in [0.25, 0.3) is 0 Å². The number of amides is 1. The molecule has 0 radical (unpaired) electrons. The molecule has 0 aromatic carbocycles. The molecule has 1 aliphatic rings. The fourth-order valence-electron chi connectivity index (χ4n) is 1.94. The zero-order chi connectivity index (χ0) is 12.3. The molecule has 1 unspecified atom stereocenters. The lowest BCUT2D eigenvalue weighted by atomic mass is 10.1. The van der Waals surface area contributed by atoms with Gasteiger partial charge in [0.05, 0.1) is 6.54 Å². The van der Waals surface area contributed by atoms with E-state index < -0.39 is 12.0 Å². The smallest absolute Gasteiger partial charge is 0.320 e. The van der Waals surface area contributed by atoms with Crippen molar-refractivity contribution in [3.63, 3.8) is 0 Å². The third-order valence-corrected chi connectivity index (χ3v) is 2.51. The van der Waals surface area contributed by atoms with Gasteiger partial charge in [0.25, 0.3) is 0 Å². The van der Waals surface area contributed by atoms with E-state index in [0.29, 0.717) is 13.0 Å². The number of carbonyl (C=O) groups is 2. The Hall–Kier alpha value is -0.810. The largest absolute Gasteiger partial charge is 0.480 e. The van der Waals surface area contributed by atoms with Crippen LogP contribution in [-0.2, 0) is 9.59 Å². The van der Waals surface area contributed by atoms with Gasteiger partial charge in [0.1, 0.15) is 6.04 Å². The van der Waals surface area contributed by atoms with Crippen LogP contribution in [0.2, 0.25) is 0 Å². The van der Waals surface area contributed by atoms with Crippen LogP contribution in [0.1, 0.15) is 33.6 Å². The van der Waals surface area contributed by atoms with Crippen LogP contribution in [0.3, 0.4) is 0 Å². The van der Waals surface area contributed by atoms with E-state index in [2.05, 4.69) is 5.32 Å². The highest BCUT2D eigenvalue weighted by atomic mass is 35.5. The fraction of sp³-hybridized carbons (Fsp3) is 0.818. The minimum atomic E-state index is -0.832. The number of aliphatic carboxylic acids is 1. The van der Waals surface area contributed by atoms with Gasteiger partial charge in [0.15, 0.2) is 0 Å². The molecular formula is C11H21ClN2O3. The number of carboxylic acids is 1. The van der Waals surface area contributed by atoms with E-state index in [4.69, 9.17) is 5.11 Å². The van der Waals surface area contributed by atoms with Crippen molar-refractivity contribution >= 4 is 24.3 Å². The molecular weight excluding hydrogens is 244 g/mol. The Balaban J connectivity index is 0.00000256. The second-order valence-electron chi connectivity index (χ2n) is 5.26. The molecule has 1 amide bonds. The number of hydrogen-bond acceptors (Lipinski definition) is 3. The van der Waals surface area contributed by atoms with Crippen molar-refractivity contribution in [2.75, 3.05) is 13.1 Å². The van der Waals surface area contributed by atoms with Crippen LogP contribution in [0.15, 0.2) is 0 Å². The SMILES string of the molecule is CC(C)(C)NC(=O)CN1CCCC1C(=O)O.Cl. The second kappa shape index (κ2) is 6.21. The van der Waals surface area contributed by atoms with Gasteiger partial charge in [-0.2, -0.15) is 0 Å². The molecule has 0 aromatic heterocycles. The topological polar surface area (TPSA) is 69.6 Å². The summed E-state index contributed by atoms with van der Waals surface area (Å²) >= 11 is 0. The van der Waals surface area contributed by atoms with Gasteiger partial charge < -0.3 is 10.4 Å². The molecule has 0 bridgehead atoms. The molecule has 0 aliphatic carbocycles. The molecule has 1 aliphatic heterocycles. The van der Waals surface area contributed by atoms with Gasteiger partial charge in [-0.3, -0.25) is 14.5 Å². The summed E-state index contributed by atoms with van der Waals surface area (Å²) in [4.78, 5) is 24.3. The molecule has 1 atom stereocenters. The first kappa shape index (κ1) is 16.2. The van der Waals surface area contributed by atoms with Crippen molar-refractivity contribution in [2.45, 2.75) is 45.2 Å². The number of nitrogens with one attached hydrogen (secondary N) is 1. The van der Waals surface area contributed by atoms with Crippen molar-refractivity contribution in [2.24, 2.45) is 0 Å². The number of halogens is 1. The molecule has 0 spiro atoms. The molecule has 0 saturated carbocycles. The lowest BCUT2D eigenvalue weighted by molar-refractivity contribution is -0.142. The Morgan fingerprint density at radius 3 is 2.47 bits per heavy atom.